The van der Waals surface area contributed by atoms with Crippen LogP contribution in [0.2, 0.25) is 10.0 Å². The standard InChI is InChI=1S/C21H16Cl2N2O3S2/c1-3-28-20(27)17-11(2)24-21-25(18(17)15-8-5-9-29-15)19(26)16(30-21)10-12-13(22)6-4-7-14(12)23/h4-10,18H,3H2,1-2H3/b16-10-. The average Bonchev–Trinajstić information content (AvgIpc) is 3.33. The fourth-order valence-corrected chi connectivity index (χ4v) is 5.65. The van der Waals surface area contributed by atoms with Crippen LogP contribution in [-0.2, 0) is 9.53 Å². The minimum atomic E-state index is -0.593. The number of hydrogen-bond acceptors (Lipinski definition) is 6. The molecule has 1 unspecified atom stereocenters. The minimum Gasteiger partial charge on any atom is -0.463 e. The van der Waals surface area contributed by atoms with E-state index in [0.717, 1.165) is 4.88 Å². The molecule has 0 radical (unpaired) electrons. The molecular weight excluding hydrogens is 463 g/mol. The topological polar surface area (TPSA) is 60.7 Å². The largest absolute Gasteiger partial charge is 0.463 e. The Morgan fingerprint density at radius 3 is 2.63 bits per heavy atom. The van der Waals surface area contributed by atoms with Gasteiger partial charge in [-0.15, -0.1) is 11.3 Å². The van der Waals surface area contributed by atoms with Crippen molar-refractivity contribution >= 4 is 57.9 Å². The van der Waals surface area contributed by atoms with E-state index in [2.05, 4.69) is 4.99 Å². The maximum absolute atomic E-state index is 13.4. The Balaban J connectivity index is 1.98. The number of aromatic nitrogens is 1. The van der Waals surface area contributed by atoms with Crippen LogP contribution in [0, 0.1) is 0 Å². The van der Waals surface area contributed by atoms with Crippen LogP contribution in [0.15, 0.2) is 56.8 Å². The van der Waals surface area contributed by atoms with E-state index in [9.17, 15) is 9.59 Å². The Morgan fingerprint density at radius 1 is 1.27 bits per heavy atom. The van der Waals surface area contributed by atoms with Crippen molar-refractivity contribution in [3.8, 4) is 0 Å². The quantitative estimate of drug-likeness (QED) is 0.528. The van der Waals surface area contributed by atoms with Crippen LogP contribution in [0.3, 0.4) is 0 Å². The number of carbonyl (C=O) groups is 1. The van der Waals surface area contributed by atoms with E-state index >= 15 is 0 Å². The van der Waals surface area contributed by atoms with Gasteiger partial charge in [0.2, 0.25) is 0 Å². The van der Waals surface area contributed by atoms with Gasteiger partial charge >= 0.3 is 5.97 Å². The Morgan fingerprint density at radius 2 is 2.00 bits per heavy atom. The Hall–Kier alpha value is -2.19. The third kappa shape index (κ3) is 3.67. The van der Waals surface area contributed by atoms with Crippen molar-refractivity contribution in [1.29, 1.82) is 0 Å². The zero-order valence-electron chi connectivity index (χ0n) is 16.0. The van der Waals surface area contributed by atoms with E-state index in [-0.39, 0.29) is 12.2 Å². The minimum absolute atomic E-state index is 0.238. The molecular formula is C21H16Cl2N2O3S2. The zero-order chi connectivity index (χ0) is 21.4. The lowest BCUT2D eigenvalue weighted by Gasteiger charge is -2.23. The van der Waals surface area contributed by atoms with Crippen molar-refractivity contribution in [2.45, 2.75) is 19.9 Å². The summed E-state index contributed by atoms with van der Waals surface area (Å²) in [6.07, 6.45) is 1.67. The molecule has 0 aliphatic carbocycles. The SMILES string of the molecule is CCOC(=O)C1=C(C)N=c2s/c(=C\c3c(Cl)cccc3Cl)c(=O)n2C1c1cccs1. The van der Waals surface area contributed by atoms with E-state index < -0.39 is 12.0 Å². The van der Waals surface area contributed by atoms with E-state index in [1.54, 1.807) is 42.7 Å². The first-order chi connectivity index (χ1) is 14.4. The number of nitrogens with zero attached hydrogens (tertiary/aromatic N) is 2. The lowest BCUT2D eigenvalue weighted by atomic mass is 10.0. The highest BCUT2D eigenvalue weighted by atomic mass is 35.5. The predicted molar refractivity (Wildman–Crippen MR) is 121 cm³/mol. The van der Waals surface area contributed by atoms with Crippen molar-refractivity contribution in [3.05, 3.63) is 87.2 Å². The molecule has 0 fully saturated rings. The van der Waals surface area contributed by atoms with Gasteiger partial charge in [0.05, 0.1) is 22.4 Å². The molecule has 3 heterocycles. The maximum atomic E-state index is 13.4. The molecule has 1 aliphatic rings. The van der Waals surface area contributed by atoms with Gasteiger partial charge in [-0.3, -0.25) is 9.36 Å². The van der Waals surface area contributed by atoms with Crippen molar-refractivity contribution in [2.75, 3.05) is 6.61 Å². The van der Waals surface area contributed by atoms with Gasteiger partial charge in [-0.1, -0.05) is 46.7 Å². The summed E-state index contributed by atoms with van der Waals surface area (Å²) in [4.78, 5) is 32.0. The number of thiazole rings is 1. The zero-order valence-corrected chi connectivity index (χ0v) is 19.2. The van der Waals surface area contributed by atoms with Crippen molar-refractivity contribution in [1.82, 2.24) is 4.57 Å². The van der Waals surface area contributed by atoms with Crippen LogP contribution in [0.4, 0.5) is 0 Å². The predicted octanol–water partition coefficient (Wildman–Crippen LogP) is 4.17. The fourth-order valence-electron chi connectivity index (χ4n) is 3.29. The molecule has 1 atom stereocenters. The Bertz CT molecular complexity index is 1320. The molecule has 0 saturated carbocycles. The number of allylic oxidation sites excluding steroid dienone is 1. The number of ether oxygens (including phenoxy) is 1. The number of fused-ring (bicyclic) bond motifs is 1. The van der Waals surface area contributed by atoms with Crippen molar-refractivity contribution in [2.24, 2.45) is 4.99 Å². The van der Waals surface area contributed by atoms with Gasteiger partial charge in [0, 0.05) is 20.5 Å². The summed E-state index contributed by atoms with van der Waals surface area (Å²) in [5, 5.41) is 2.81. The van der Waals surface area contributed by atoms with Crippen LogP contribution in [0.25, 0.3) is 6.08 Å². The van der Waals surface area contributed by atoms with E-state index in [4.69, 9.17) is 27.9 Å². The van der Waals surface area contributed by atoms with Crippen LogP contribution >= 0.6 is 45.9 Å². The van der Waals surface area contributed by atoms with Gasteiger partial charge in [0.15, 0.2) is 4.80 Å². The third-order valence-electron chi connectivity index (χ3n) is 4.60. The van der Waals surface area contributed by atoms with Gasteiger partial charge in [0.25, 0.3) is 5.56 Å². The van der Waals surface area contributed by atoms with E-state index in [1.165, 1.54) is 22.7 Å². The average molecular weight is 479 g/mol. The molecule has 1 aliphatic heterocycles. The van der Waals surface area contributed by atoms with E-state index in [0.29, 0.717) is 36.2 Å². The molecule has 3 aromatic rings. The van der Waals surface area contributed by atoms with Crippen molar-refractivity contribution < 1.29 is 9.53 Å². The van der Waals surface area contributed by atoms with Gasteiger partial charge in [-0.05, 0) is 43.5 Å². The highest BCUT2D eigenvalue weighted by Gasteiger charge is 2.33. The molecule has 0 amide bonds. The molecule has 9 heteroatoms. The first-order valence-corrected chi connectivity index (χ1v) is 11.5. The highest BCUT2D eigenvalue weighted by Crippen LogP contribution is 2.33. The third-order valence-corrected chi connectivity index (χ3v) is 7.17. The van der Waals surface area contributed by atoms with Crippen LogP contribution < -0.4 is 14.9 Å². The monoisotopic (exact) mass is 478 g/mol. The fraction of sp³-hybridized carbons (Fsp3) is 0.190. The summed E-state index contributed by atoms with van der Waals surface area (Å²) in [6.45, 7) is 3.74. The number of hydrogen-bond donors (Lipinski definition) is 0. The molecule has 5 nitrogen and oxygen atoms in total. The number of rotatable bonds is 4. The Kier molecular flexibility index (Phi) is 5.97. The van der Waals surface area contributed by atoms with Gasteiger partial charge in [0.1, 0.15) is 6.04 Å². The number of carbonyl (C=O) groups excluding carboxylic acids is 1. The second-order valence-corrected chi connectivity index (χ2v) is 9.26. The van der Waals surface area contributed by atoms with Crippen molar-refractivity contribution in [3.63, 3.8) is 0 Å². The Labute approximate surface area is 190 Å². The second kappa shape index (κ2) is 8.51. The first kappa shape index (κ1) is 21.1. The number of esters is 1. The molecule has 0 spiro atoms. The summed E-state index contributed by atoms with van der Waals surface area (Å²) in [5.74, 6) is -0.472. The van der Waals surface area contributed by atoms with Gasteiger partial charge in [-0.25, -0.2) is 9.79 Å². The summed E-state index contributed by atoms with van der Waals surface area (Å²) in [7, 11) is 0. The maximum Gasteiger partial charge on any atom is 0.338 e. The van der Waals surface area contributed by atoms with Gasteiger partial charge in [-0.2, -0.15) is 0 Å². The van der Waals surface area contributed by atoms with Crippen LogP contribution in [0.1, 0.15) is 30.3 Å². The molecule has 0 bridgehead atoms. The normalized spacial score (nSPS) is 16.4. The van der Waals surface area contributed by atoms with Crippen LogP contribution in [-0.4, -0.2) is 17.1 Å². The summed E-state index contributed by atoms with van der Waals surface area (Å²) in [6, 6.07) is 8.37. The lowest BCUT2D eigenvalue weighted by molar-refractivity contribution is -0.139. The molecule has 0 N–H and O–H groups in total. The highest BCUT2D eigenvalue weighted by molar-refractivity contribution is 7.10. The molecule has 2 aromatic heterocycles. The molecule has 154 valence electrons. The molecule has 30 heavy (non-hydrogen) atoms. The second-order valence-electron chi connectivity index (χ2n) is 6.45. The van der Waals surface area contributed by atoms with Gasteiger partial charge < -0.3 is 4.74 Å². The smallest absolute Gasteiger partial charge is 0.338 e. The molecule has 1 aromatic carbocycles. The number of halogens is 2. The summed E-state index contributed by atoms with van der Waals surface area (Å²) < 4.78 is 7.24. The summed E-state index contributed by atoms with van der Waals surface area (Å²) >= 11 is 15.3. The lowest BCUT2D eigenvalue weighted by Crippen LogP contribution is -2.39. The summed E-state index contributed by atoms with van der Waals surface area (Å²) in [5.41, 5.74) is 1.21. The molecule has 0 saturated heterocycles. The van der Waals surface area contributed by atoms with E-state index in [1.807, 2.05) is 17.5 Å². The van der Waals surface area contributed by atoms with Crippen LogP contribution in [0.5, 0.6) is 0 Å². The number of thiophene rings is 1. The number of benzene rings is 1. The first-order valence-electron chi connectivity index (χ1n) is 9.09. The molecule has 4 rings (SSSR count).